The Labute approximate surface area is 219 Å². The number of nitrogens with one attached hydrogen (secondary N) is 2. The first kappa shape index (κ1) is 30.2. The average Bonchev–Trinajstić information content (AvgIpc) is 2.71. The topological polar surface area (TPSA) is 172 Å². The molecule has 11 nitrogen and oxygen atoms in total. The lowest BCUT2D eigenvalue weighted by Gasteiger charge is -2.36. The van der Waals surface area contributed by atoms with E-state index >= 15 is 0 Å². The van der Waals surface area contributed by atoms with Crippen molar-refractivity contribution in [3.8, 4) is 5.75 Å². The molecule has 2 rings (SSSR count). The summed E-state index contributed by atoms with van der Waals surface area (Å²) in [5, 5.41) is 19.8. The Balaban J connectivity index is 2.70. The number of hydrogen-bond acceptors (Lipinski definition) is 7. The molecule has 12 heteroatoms. The van der Waals surface area contributed by atoms with Crippen molar-refractivity contribution in [2.45, 2.75) is 103 Å². The summed E-state index contributed by atoms with van der Waals surface area (Å²) in [6.07, 6.45) is -0.114. The molecule has 1 atom stereocenters. The van der Waals surface area contributed by atoms with Crippen LogP contribution in [0.15, 0.2) is 4.90 Å². The Kier molecular flexibility index (Phi) is 8.79. The molecule has 37 heavy (non-hydrogen) atoms. The van der Waals surface area contributed by atoms with Gasteiger partial charge in [-0.05, 0) is 103 Å². The second kappa shape index (κ2) is 10.8. The van der Waals surface area contributed by atoms with Crippen molar-refractivity contribution in [3.05, 3.63) is 22.3 Å². The highest BCUT2D eigenvalue weighted by molar-refractivity contribution is 7.89. The predicted octanol–water partition coefficient (Wildman–Crippen LogP) is 3.36. The number of nitrogens with two attached hydrogens (primary N) is 1. The molecule has 1 heterocycles. The summed E-state index contributed by atoms with van der Waals surface area (Å²) in [5.74, 6) is -1.17. The van der Waals surface area contributed by atoms with E-state index in [-0.39, 0.29) is 30.2 Å². The first-order valence-electron chi connectivity index (χ1n) is 12.2. The van der Waals surface area contributed by atoms with Crippen molar-refractivity contribution in [2.75, 3.05) is 6.54 Å². The van der Waals surface area contributed by atoms with Crippen molar-refractivity contribution in [3.63, 3.8) is 0 Å². The second-order valence-electron chi connectivity index (χ2n) is 11.0. The van der Waals surface area contributed by atoms with Gasteiger partial charge in [0.05, 0.1) is 4.90 Å². The van der Waals surface area contributed by atoms with Gasteiger partial charge in [0.15, 0.2) is 5.96 Å². The number of carboxylic acid groups (broad SMARTS) is 1. The second-order valence-corrected chi connectivity index (χ2v) is 12.7. The van der Waals surface area contributed by atoms with Crippen LogP contribution in [0.2, 0.25) is 0 Å². The van der Waals surface area contributed by atoms with Gasteiger partial charge in [-0.15, -0.1) is 0 Å². The number of carboxylic acids is 1. The van der Waals surface area contributed by atoms with Gasteiger partial charge in [-0.3, -0.25) is 5.41 Å². The third kappa shape index (κ3) is 6.85. The number of guanidine groups is 1. The number of aliphatic carboxylic acids is 1. The molecular formula is C25H40N4O7S. The summed E-state index contributed by atoms with van der Waals surface area (Å²) in [4.78, 5) is 25.5. The first-order valence-corrected chi connectivity index (χ1v) is 13.6. The third-order valence-electron chi connectivity index (χ3n) is 6.29. The number of carbonyl (C=O) groups is 2. The summed E-state index contributed by atoms with van der Waals surface area (Å²) < 4.78 is 40.3. The van der Waals surface area contributed by atoms with E-state index in [1.807, 2.05) is 13.8 Å². The molecule has 0 saturated heterocycles. The lowest BCUT2D eigenvalue weighted by Crippen LogP contribution is -2.51. The van der Waals surface area contributed by atoms with Gasteiger partial charge in [-0.1, -0.05) is 0 Å². The zero-order valence-corrected chi connectivity index (χ0v) is 23.8. The maximum absolute atomic E-state index is 14.2. The number of nitrogens with zero attached hydrogens (tertiary/aromatic N) is 1. The summed E-state index contributed by atoms with van der Waals surface area (Å²) in [6.45, 7) is 13.8. The Morgan fingerprint density at radius 1 is 1.22 bits per heavy atom. The van der Waals surface area contributed by atoms with Crippen molar-refractivity contribution in [1.29, 1.82) is 5.41 Å². The molecule has 1 amide bonds. The lowest BCUT2D eigenvalue weighted by atomic mass is 9.88. The molecule has 0 spiro atoms. The molecule has 1 aliphatic rings. The van der Waals surface area contributed by atoms with Gasteiger partial charge in [-0.2, -0.15) is 4.31 Å². The lowest BCUT2D eigenvalue weighted by molar-refractivity contribution is -0.141. The molecule has 1 unspecified atom stereocenters. The van der Waals surface area contributed by atoms with Crippen molar-refractivity contribution < 1.29 is 32.6 Å². The highest BCUT2D eigenvalue weighted by Crippen LogP contribution is 2.43. The van der Waals surface area contributed by atoms with E-state index in [0.717, 1.165) is 5.56 Å². The molecule has 5 N–H and O–H groups in total. The Morgan fingerprint density at radius 3 is 2.32 bits per heavy atom. The number of amides is 1. The Bertz CT molecular complexity index is 1190. The smallest absolute Gasteiger partial charge is 0.425 e. The van der Waals surface area contributed by atoms with E-state index in [4.69, 9.17) is 20.6 Å². The maximum Gasteiger partial charge on any atom is 0.425 e. The normalized spacial score (nSPS) is 15.7. The molecule has 1 aromatic carbocycles. The van der Waals surface area contributed by atoms with Crippen molar-refractivity contribution in [1.82, 2.24) is 9.62 Å². The van der Waals surface area contributed by atoms with Crippen LogP contribution in [0.5, 0.6) is 5.75 Å². The SMILES string of the molecule is Cc1c(C)c(S(=O)(=O)N(C(=O)OC(C)(C)C)C(CCCNC(=N)N)C(=O)O)c(C)c2c1OC(C)(C)CC2. The largest absolute Gasteiger partial charge is 0.487 e. The summed E-state index contributed by atoms with van der Waals surface area (Å²) in [7, 11) is -4.68. The standard InChI is InChI=1S/C25H40N4O7S/c1-14-15(2)20(16(3)17-11-12-25(7,8)35-19(14)17)37(33,34)29(23(32)36-24(4,5)6)18(21(30)31)10-9-13-28-22(26)27/h18H,9-13H2,1-8H3,(H,30,31)(H4,26,27,28). The zero-order chi connectivity index (χ0) is 28.5. The molecule has 0 aromatic heterocycles. The van der Waals surface area contributed by atoms with Crippen molar-refractivity contribution in [2.24, 2.45) is 5.73 Å². The van der Waals surface area contributed by atoms with Gasteiger partial charge in [-0.25, -0.2) is 18.0 Å². The van der Waals surface area contributed by atoms with E-state index in [9.17, 15) is 23.1 Å². The quantitative estimate of drug-likeness (QED) is 0.219. The number of fused-ring (bicyclic) bond motifs is 1. The summed E-state index contributed by atoms with van der Waals surface area (Å²) in [5.41, 5.74) is 5.94. The minimum atomic E-state index is -4.68. The fourth-order valence-electron chi connectivity index (χ4n) is 4.39. The number of carbonyl (C=O) groups excluding carboxylic acids is 1. The maximum atomic E-state index is 14.2. The predicted molar refractivity (Wildman–Crippen MR) is 140 cm³/mol. The molecule has 0 radical (unpaired) electrons. The van der Waals surface area contributed by atoms with Crippen molar-refractivity contribution >= 4 is 28.0 Å². The van der Waals surface area contributed by atoms with Crippen LogP contribution in [0.3, 0.4) is 0 Å². The molecule has 1 aliphatic heterocycles. The number of sulfonamides is 1. The van der Waals surface area contributed by atoms with Crippen LogP contribution in [0.4, 0.5) is 4.79 Å². The number of ether oxygens (including phenoxy) is 2. The van der Waals surface area contributed by atoms with Crippen LogP contribution >= 0.6 is 0 Å². The third-order valence-corrected chi connectivity index (χ3v) is 8.34. The van der Waals surface area contributed by atoms with Crippen LogP contribution in [0.25, 0.3) is 0 Å². The van der Waals surface area contributed by atoms with E-state index < -0.39 is 39.3 Å². The zero-order valence-electron chi connectivity index (χ0n) is 22.9. The average molecular weight is 541 g/mol. The van der Waals surface area contributed by atoms with E-state index in [2.05, 4.69) is 5.32 Å². The summed E-state index contributed by atoms with van der Waals surface area (Å²) in [6, 6.07) is -1.74. The van der Waals surface area contributed by atoms with E-state index in [0.29, 0.717) is 39.6 Å². The monoisotopic (exact) mass is 540 g/mol. The van der Waals surface area contributed by atoms with Crippen LogP contribution in [0, 0.1) is 26.2 Å². The fourth-order valence-corrected chi connectivity index (χ4v) is 6.40. The van der Waals surface area contributed by atoms with E-state index in [1.165, 1.54) is 0 Å². The highest BCUT2D eigenvalue weighted by atomic mass is 32.2. The van der Waals surface area contributed by atoms with Gasteiger partial charge in [0.2, 0.25) is 0 Å². The molecule has 0 fully saturated rings. The first-order chi connectivity index (χ1) is 16.8. The van der Waals surface area contributed by atoms with Gasteiger partial charge < -0.3 is 25.6 Å². The number of hydrogen-bond donors (Lipinski definition) is 4. The van der Waals surface area contributed by atoms with Crippen LogP contribution < -0.4 is 15.8 Å². The summed E-state index contributed by atoms with van der Waals surface area (Å²) >= 11 is 0. The number of rotatable bonds is 8. The molecule has 0 bridgehead atoms. The van der Waals surface area contributed by atoms with E-state index in [1.54, 1.807) is 41.5 Å². The molecule has 1 aromatic rings. The van der Waals surface area contributed by atoms with Crippen LogP contribution in [-0.4, -0.2) is 59.6 Å². The molecule has 0 saturated carbocycles. The van der Waals surface area contributed by atoms with Crippen LogP contribution in [-0.2, 0) is 26.0 Å². The minimum absolute atomic E-state index is 0.119. The molecule has 0 aliphatic carbocycles. The Hall–Kier alpha value is -3.02. The van der Waals surface area contributed by atoms with Gasteiger partial charge in [0.1, 0.15) is 23.0 Å². The number of benzene rings is 1. The Morgan fingerprint density at radius 2 is 1.81 bits per heavy atom. The molecule has 208 valence electrons. The fraction of sp³-hybridized carbons (Fsp3) is 0.640. The van der Waals surface area contributed by atoms with Gasteiger partial charge in [0.25, 0.3) is 10.0 Å². The van der Waals surface area contributed by atoms with Gasteiger partial charge >= 0.3 is 12.1 Å². The van der Waals surface area contributed by atoms with Gasteiger partial charge in [0, 0.05) is 6.54 Å². The van der Waals surface area contributed by atoms with Crippen LogP contribution in [0.1, 0.15) is 76.1 Å². The molecular weight excluding hydrogens is 500 g/mol. The highest BCUT2D eigenvalue weighted by Gasteiger charge is 2.44. The minimum Gasteiger partial charge on any atom is -0.487 e.